The summed E-state index contributed by atoms with van der Waals surface area (Å²) in [7, 11) is 0. The molecule has 0 aliphatic carbocycles. The van der Waals surface area contributed by atoms with Gasteiger partial charge in [0.25, 0.3) is 0 Å². The summed E-state index contributed by atoms with van der Waals surface area (Å²) < 4.78 is 0. The van der Waals surface area contributed by atoms with Crippen molar-refractivity contribution in [3.8, 4) is 0 Å². The van der Waals surface area contributed by atoms with Crippen LogP contribution in [0.15, 0.2) is 42.0 Å². The Balaban J connectivity index is 1.79. The maximum atomic E-state index is 10.6. The van der Waals surface area contributed by atoms with Crippen molar-refractivity contribution < 1.29 is 9.90 Å². The first-order chi connectivity index (χ1) is 10.1. The van der Waals surface area contributed by atoms with E-state index in [1.807, 2.05) is 13.0 Å². The molecule has 2 N–H and O–H groups in total. The molecule has 1 saturated heterocycles. The van der Waals surface area contributed by atoms with E-state index < -0.39 is 5.97 Å². The Kier molecular flexibility index (Phi) is 5.96. The van der Waals surface area contributed by atoms with Crippen molar-refractivity contribution in [3.05, 3.63) is 47.5 Å². The lowest BCUT2D eigenvalue weighted by atomic mass is 10.0. The summed E-state index contributed by atoms with van der Waals surface area (Å²) in [6.45, 7) is 5.65. The van der Waals surface area contributed by atoms with Gasteiger partial charge in [-0.15, -0.1) is 0 Å². The first-order valence-corrected chi connectivity index (χ1v) is 7.53. The van der Waals surface area contributed by atoms with Crippen LogP contribution in [0.1, 0.15) is 25.3 Å². The predicted octanol–water partition coefficient (Wildman–Crippen LogP) is 2.27. The minimum atomic E-state index is -0.872. The van der Waals surface area contributed by atoms with E-state index in [4.69, 9.17) is 5.11 Å². The van der Waals surface area contributed by atoms with E-state index in [0.717, 1.165) is 31.6 Å². The number of aliphatic carboxylic acids is 1. The summed E-state index contributed by atoms with van der Waals surface area (Å²) in [5, 5.41) is 12.2. The monoisotopic (exact) mass is 288 g/mol. The second kappa shape index (κ2) is 7.96. The Hall–Kier alpha value is -1.65. The molecule has 1 heterocycles. The van der Waals surface area contributed by atoms with Gasteiger partial charge in [-0.3, -0.25) is 4.90 Å². The molecule has 0 amide bonds. The van der Waals surface area contributed by atoms with E-state index in [-0.39, 0.29) is 0 Å². The summed E-state index contributed by atoms with van der Waals surface area (Å²) in [6.07, 6.45) is 3.62. The number of benzene rings is 1. The zero-order valence-corrected chi connectivity index (χ0v) is 12.6. The Bertz CT molecular complexity index is 485. The highest BCUT2D eigenvalue weighted by Gasteiger charge is 2.19. The van der Waals surface area contributed by atoms with Gasteiger partial charge in [-0.1, -0.05) is 35.9 Å². The lowest BCUT2D eigenvalue weighted by Crippen LogP contribution is -2.45. The van der Waals surface area contributed by atoms with E-state index in [0.29, 0.717) is 12.6 Å². The maximum Gasteiger partial charge on any atom is 0.328 e. The van der Waals surface area contributed by atoms with Crippen molar-refractivity contribution >= 4 is 5.97 Å². The molecule has 0 spiro atoms. The van der Waals surface area contributed by atoms with Crippen LogP contribution in [-0.4, -0.2) is 41.7 Å². The lowest BCUT2D eigenvalue weighted by Gasteiger charge is -2.33. The van der Waals surface area contributed by atoms with Gasteiger partial charge < -0.3 is 10.4 Å². The third-order valence-corrected chi connectivity index (χ3v) is 3.79. The number of nitrogens with zero attached hydrogens (tertiary/aromatic N) is 1. The highest BCUT2D eigenvalue weighted by molar-refractivity contribution is 5.80. The molecule has 1 aromatic carbocycles. The second-order valence-electron chi connectivity index (χ2n) is 5.77. The second-order valence-corrected chi connectivity index (χ2v) is 5.77. The van der Waals surface area contributed by atoms with Gasteiger partial charge in [0, 0.05) is 31.8 Å². The fourth-order valence-electron chi connectivity index (χ4n) is 2.77. The van der Waals surface area contributed by atoms with Crippen LogP contribution in [0.2, 0.25) is 0 Å². The zero-order valence-electron chi connectivity index (χ0n) is 12.6. The predicted molar refractivity (Wildman–Crippen MR) is 84.1 cm³/mol. The van der Waals surface area contributed by atoms with Crippen LogP contribution >= 0.6 is 0 Å². The molecule has 4 heteroatoms. The minimum Gasteiger partial charge on any atom is -0.478 e. The molecular weight excluding hydrogens is 264 g/mol. The number of hydrogen-bond acceptors (Lipinski definition) is 3. The van der Waals surface area contributed by atoms with Gasteiger partial charge >= 0.3 is 5.97 Å². The van der Waals surface area contributed by atoms with E-state index in [2.05, 4.69) is 34.5 Å². The van der Waals surface area contributed by atoms with Crippen molar-refractivity contribution in [1.29, 1.82) is 0 Å². The number of nitrogens with one attached hydrogen (secondary N) is 1. The van der Waals surface area contributed by atoms with Crippen molar-refractivity contribution in [2.24, 2.45) is 0 Å². The van der Waals surface area contributed by atoms with Crippen molar-refractivity contribution in [1.82, 2.24) is 10.2 Å². The summed E-state index contributed by atoms with van der Waals surface area (Å²) in [4.78, 5) is 13.1. The summed E-state index contributed by atoms with van der Waals surface area (Å²) in [5.74, 6) is -0.872. The molecular formula is C17H24N2O2. The molecule has 4 nitrogen and oxygen atoms in total. The largest absolute Gasteiger partial charge is 0.478 e. The molecule has 0 aromatic heterocycles. The first kappa shape index (κ1) is 15.7. The number of piperidine rings is 1. The topological polar surface area (TPSA) is 52.6 Å². The normalized spacial score (nSPS) is 20.4. The quantitative estimate of drug-likeness (QED) is 0.789. The molecule has 0 saturated carbocycles. The number of likely N-dealkylation sites (tertiary alicyclic amines) is 1. The van der Waals surface area contributed by atoms with Gasteiger partial charge in [-0.05, 0) is 31.9 Å². The molecule has 1 unspecified atom stereocenters. The summed E-state index contributed by atoms with van der Waals surface area (Å²) >= 11 is 0. The molecule has 1 atom stereocenters. The van der Waals surface area contributed by atoms with Crippen LogP contribution in [0.25, 0.3) is 0 Å². The van der Waals surface area contributed by atoms with Crippen molar-refractivity contribution in [2.45, 2.75) is 32.4 Å². The minimum absolute atomic E-state index is 0.444. The first-order valence-electron chi connectivity index (χ1n) is 7.53. The lowest BCUT2D eigenvalue weighted by molar-refractivity contribution is -0.131. The van der Waals surface area contributed by atoms with E-state index >= 15 is 0 Å². The zero-order chi connectivity index (χ0) is 15.1. The average molecular weight is 288 g/mol. The maximum absolute atomic E-state index is 10.6. The van der Waals surface area contributed by atoms with E-state index in [9.17, 15) is 4.79 Å². The molecule has 1 aliphatic rings. The summed E-state index contributed by atoms with van der Waals surface area (Å²) in [5.41, 5.74) is 2.21. The molecule has 21 heavy (non-hydrogen) atoms. The molecule has 1 aromatic rings. The fraction of sp³-hybridized carbons (Fsp3) is 0.471. The fourth-order valence-corrected chi connectivity index (χ4v) is 2.77. The number of carboxylic acids is 1. The van der Waals surface area contributed by atoms with Crippen molar-refractivity contribution in [3.63, 3.8) is 0 Å². The third-order valence-electron chi connectivity index (χ3n) is 3.79. The van der Waals surface area contributed by atoms with Crippen LogP contribution in [0.5, 0.6) is 0 Å². The number of carbonyl (C=O) groups is 1. The van der Waals surface area contributed by atoms with Crippen LogP contribution < -0.4 is 5.32 Å². The van der Waals surface area contributed by atoms with Gasteiger partial charge in [-0.2, -0.15) is 0 Å². The molecule has 2 rings (SSSR count). The van der Waals surface area contributed by atoms with Gasteiger partial charge in [0.05, 0.1) is 0 Å². The van der Waals surface area contributed by atoms with Crippen LogP contribution in [0.3, 0.4) is 0 Å². The van der Waals surface area contributed by atoms with Crippen LogP contribution in [0.4, 0.5) is 0 Å². The SMILES string of the molecule is C/C(=C/C(=O)O)CNC1CCCN(Cc2ccccc2)C1. The third kappa shape index (κ3) is 5.69. The number of carboxylic acid groups (broad SMARTS) is 1. The standard InChI is InChI=1S/C17H24N2O2/c1-14(10-17(20)21)11-18-16-8-5-9-19(13-16)12-15-6-3-2-4-7-15/h2-4,6-7,10,16,18H,5,8-9,11-13H2,1H3,(H,20,21)/b14-10-. The van der Waals surface area contributed by atoms with Gasteiger partial charge in [0.1, 0.15) is 0 Å². The highest BCUT2D eigenvalue weighted by Crippen LogP contribution is 2.13. The van der Waals surface area contributed by atoms with Gasteiger partial charge in [-0.25, -0.2) is 4.79 Å². The summed E-state index contributed by atoms with van der Waals surface area (Å²) in [6, 6.07) is 11.0. The highest BCUT2D eigenvalue weighted by atomic mass is 16.4. The Morgan fingerprint density at radius 1 is 1.43 bits per heavy atom. The molecule has 0 radical (unpaired) electrons. The smallest absolute Gasteiger partial charge is 0.328 e. The van der Waals surface area contributed by atoms with E-state index in [1.165, 1.54) is 18.1 Å². The molecule has 1 aliphatic heterocycles. The molecule has 114 valence electrons. The average Bonchev–Trinajstić information content (AvgIpc) is 2.46. The van der Waals surface area contributed by atoms with Crippen molar-refractivity contribution in [2.75, 3.05) is 19.6 Å². The van der Waals surface area contributed by atoms with Crippen LogP contribution in [-0.2, 0) is 11.3 Å². The van der Waals surface area contributed by atoms with Gasteiger partial charge in [0.2, 0.25) is 0 Å². The number of rotatable bonds is 6. The number of hydrogen-bond donors (Lipinski definition) is 2. The Morgan fingerprint density at radius 3 is 2.90 bits per heavy atom. The van der Waals surface area contributed by atoms with Gasteiger partial charge in [0.15, 0.2) is 0 Å². The Labute approximate surface area is 126 Å². The molecule has 0 bridgehead atoms. The Morgan fingerprint density at radius 2 is 2.19 bits per heavy atom. The van der Waals surface area contributed by atoms with Crippen LogP contribution in [0, 0.1) is 0 Å². The van der Waals surface area contributed by atoms with E-state index in [1.54, 1.807) is 0 Å². The molecule has 1 fully saturated rings.